The first-order valence-electron chi connectivity index (χ1n) is 13.2. The van der Waals surface area contributed by atoms with Crippen LogP contribution in [0.5, 0.6) is 0 Å². The molecule has 3 aliphatic rings. The van der Waals surface area contributed by atoms with E-state index in [1.807, 2.05) is 0 Å². The molecule has 0 spiro atoms. The van der Waals surface area contributed by atoms with E-state index in [1.165, 1.54) is 24.1 Å². The maximum atomic E-state index is 16.0. The van der Waals surface area contributed by atoms with Gasteiger partial charge in [-0.15, -0.1) is 0 Å². The van der Waals surface area contributed by atoms with Crippen LogP contribution in [0, 0.1) is 6.92 Å². The number of hydrogen-bond donors (Lipinski definition) is 4. The third-order valence-electron chi connectivity index (χ3n) is 7.41. The zero-order chi connectivity index (χ0) is 31.8. The number of halogens is 1. The second kappa shape index (κ2) is 11.2. The predicted molar refractivity (Wildman–Crippen MR) is 153 cm³/mol. The van der Waals surface area contributed by atoms with E-state index in [1.54, 1.807) is 0 Å². The molecule has 3 saturated heterocycles. The van der Waals surface area contributed by atoms with Crippen LogP contribution in [0.2, 0.25) is 0 Å². The van der Waals surface area contributed by atoms with Crippen LogP contribution in [0.1, 0.15) is 18.3 Å². The van der Waals surface area contributed by atoms with Crippen molar-refractivity contribution in [3.05, 3.63) is 35.2 Å². The van der Waals surface area contributed by atoms with Crippen molar-refractivity contribution in [3.8, 4) is 0 Å². The van der Waals surface area contributed by atoms with Crippen molar-refractivity contribution in [1.82, 2.24) is 39.0 Å². The summed E-state index contributed by atoms with van der Waals surface area (Å²) >= 11 is 5.20. The minimum atomic E-state index is -4.56. The van der Waals surface area contributed by atoms with E-state index in [9.17, 15) is 19.4 Å². The number of rotatable bonds is 2. The van der Waals surface area contributed by atoms with Gasteiger partial charge in [-0.1, -0.05) is 0 Å². The van der Waals surface area contributed by atoms with E-state index in [4.69, 9.17) is 52.7 Å². The number of aliphatic hydroxyl groups is 1. The molecule has 238 valence electrons. The zero-order valence-corrected chi connectivity index (χ0v) is 25.5. The number of nitrogens with one attached hydrogen (secondary N) is 1. The molecular formula is C21H23BFN9O10P2S. The second-order valence-electron chi connectivity index (χ2n) is 10.4. The summed E-state index contributed by atoms with van der Waals surface area (Å²) in [6, 6.07) is 0. The molecule has 0 bridgehead atoms. The molecule has 7 rings (SSSR count). The molecule has 4 unspecified atom stereocenters. The maximum absolute atomic E-state index is 16.0. The first kappa shape index (κ1) is 30.9. The van der Waals surface area contributed by atoms with E-state index >= 15 is 4.39 Å². The summed E-state index contributed by atoms with van der Waals surface area (Å²) in [7, 11) is 1.30. The fourth-order valence-corrected chi connectivity index (χ4v) is 7.85. The lowest BCUT2D eigenvalue weighted by molar-refractivity contribution is -0.0572. The fraction of sp³-hybridized carbons (Fsp3) is 0.524. The van der Waals surface area contributed by atoms with E-state index < -0.39 is 82.1 Å². The Kier molecular flexibility index (Phi) is 7.69. The number of ether oxygens (including phenoxy) is 2. The third kappa shape index (κ3) is 5.53. The average molecular weight is 685 g/mol. The van der Waals surface area contributed by atoms with Gasteiger partial charge in [-0.25, -0.2) is 29.3 Å². The van der Waals surface area contributed by atoms with Crippen LogP contribution >= 0.6 is 14.2 Å². The van der Waals surface area contributed by atoms with Crippen LogP contribution < -0.4 is 11.3 Å². The third-order valence-corrected chi connectivity index (χ3v) is 10.0. The Hall–Kier alpha value is -2.75. The van der Waals surface area contributed by atoms with Crippen molar-refractivity contribution in [2.45, 2.75) is 56.1 Å². The summed E-state index contributed by atoms with van der Waals surface area (Å²) in [6.07, 6.45) is -8.42. The normalized spacial score (nSPS) is 37.7. The van der Waals surface area contributed by atoms with E-state index in [0.29, 0.717) is 0 Å². The van der Waals surface area contributed by atoms with Crippen LogP contribution in [-0.2, 0) is 43.9 Å². The topological polar surface area (TPSA) is 246 Å². The standard InChI is InChI=1S/C21H23BFN9O10P2S/c1-7-29-18-12(19(34)30-7)28-6-32(18)20-10(23)14-8(39-20)3-38-44(36,45)42-15-9(2-37-43(22,35)41-14)40-21(13(15)33)31-5-27-11-16(24)25-4-26-17(11)31/h4-6,8-10,13-15,20-21,33H,2-3H2,1H3,(H,36,45)(H2,24,25,26)(H,29,30,34)/t8-,9-,10+,13?,14?,15+,20-,21-,43?,44?/m1/s1. The van der Waals surface area contributed by atoms with E-state index in [2.05, 4.69) is 29.9 Å². The number of aromatic amines is 1. The predicted octanol–water partition coefficient (Wildman–Crippen LogP) is -0.345. The van der Waals surface area contributed by atoms with Crippen LogP contribution in [0.25, 0.3) is 22.3 Å². The SMILES string of the molecule is [B]P1(=O)OC[C@H]2O[C@@H](n3cnc4c(N)ncnc43)C(O)[C@H]2OP(O)(=S)OC[C@H]2O[C@@H](n3cnc4c(=O)[nH]c(C)nc43)[C@@H](F)C2O1. The number of anilines is 1. The summed E-state index contributed by atoms with van der Waals surface area (Å²) < 4.78 is 65.6. The molecule has 24 heteroatoms. The number of nitrogen functional groups attached to an aromatic ring is 1. The van der Waals surface area contributed by atoms with Crippen molar-refractivity contribution in [2.75, 3.05) is 18.9 Å². The Balaban J connectivity index is 1.17. The highest BCUT2D eigenvalue weighted by Crippen LogP contribution is 2.54. The highest BCUT2D eigenvalue weighted by Gasteiger charge is 2.53. The van der Waals surface area contributed by atoms with Gasteiger partial charge in [0.15, 0.2) is 41.3 Å². The van der Waals surface area contributed by atoms with Crippen LogP contribution in [0.4, 0.5) is 10.2 Å². The monoisotopic (exact) mass is 685 g/mol. The molecule has 5 N–H and O–H groups in total. The Labute approximate surface area is 257 Å². The Bertz CT molecular complexity index is 1950. The maximum Gasteiger partial charge on any atom is 0.325 e. The van der Waals surface area contributed by atoms with Crippen molar-refractivity contribution in [3.63, 3.8) is 0 Å². The molecule has 3 aliphatic heterocycles. The molecule has 3 fully saturated rings. The van der Waals surface area contributed by atoms with E-state index in [0.717, 1.165) is 10.9 Å². The molecule has 19 nitrogen and oxygen atoms in total. The summed E-state index contributed by atoms with van der Waals surface area (Å²) in [5, 5.41) is 11.2. The quantitative estimate of drug-likeness (QED) is 0.156. The fourth-order valence-electron chi connectivity index (χ4n) is 5.40. The molecule has 0 amide bonds. The lowest BCUT2D eigenvalue weighted by atomic mass is 10.1. The van der Waals surface area contributed by atoms with Gasteiger partial charge >= 0.3 is 6.72 Å². The van der Waals surface area contributed by atoms with E-state index in [-0.39, 0.29) is 34.0 Å². The second-order valence-corrected chi connectivity index (χ2v) is 14.7. The molecule has 0 aliphatic carbocycles. The lowest BCUT2D eigenvalue weighted by Crippen LogP contribution is -2.38. The Morgan fingerprint density at radius 2 is 1.71 bits per heavy atom. The van der Waals surface area contributed by atoms with Crippen LogP contribution in [-0.4, -0.2) is 107 Å². The number of H-pyrrole nitrogens is 1. The summed E-state index contributed by atoms with van der Waals surface area (Å²) in [6.45, 7) is -3.93. The summed E-state index contributed by atoms with van der Waals surface area (Å²) in [5.74, 6) is 0.322. The first-order valence-corrected chi connectivity index (χ1v) is 17.4. The Morgan fingerprint density at radius 1 is 1.04 bits per heavy atom. The van der Waals surface area contributed by atoms with Crippen LogP contribution in [0.15, 0.2) is 23.8 Å². The average Bonchev–Trinajstić information content (AvgIpc) is 3.72. The highest BCUT2D eigenvalue weighted by atomic mass is 32.5. The molecule has 10 atom stereocenters. The number of aryl methyl sites for hydroxylation is 1. The van der Waals surface area contributed by atoms with Gasteiger partial charge in [-0.2, -0.15) is 0 Å². The number of nitrogens with zero attached hydrogens (tertiary/aromatic N) is 7. The number of aliphatic hydroxyl groups excluding tert-OH is 1. The summed E-state index contributed by atoms with van der Waals surface area (Å²) in [4.78, 5) is 46.1. The van der Waals surface area contributed by atoms with Gasteiger partial charge < -0.3 is 43.8 Å². The minimum absolute atomic E-state index is 0.0123. The van der Waals surface area contributed by atoms with Crippen molar-refractivity contribution >= 4 is 61.7 Å². The summed E-state index contributed by atoms with van der Waals surface area (Å²) in [5.41, 5.74) is 5.70. The van der Waals surface area contributed by atoms with Gasteiger partial charge in [0, 0.05) is 0 Å². The van der Waals surface area contributed by atoms with Gasteiger partial charge in [0.05, 0.1) is 25.9 Å². The number of hydrogen-bond acceptors (Lipinski definition) is 16. The number of fused-ring (bicyclic) bond motifs is 4. The van der Waals surface area contributed by atoms with Gasteiger partial charge in [0.25, 0.3) is 13.0 Å². The van der Waals surface area contributed by atoms with Crippen molar-refractivity contribution in [2.24, 2.45) is 0 Å². The number of aromatic nitrogens is 8. The molecule has 2 radical (unpaired) electrons. The van der Waals surface area contributed by atoms with Gasteiger partial charge in [-0.3, -0.25) is 23.0 Å². The minimum Gasteiger partial charge on any atom is -0.386 e. The lowest BCUT2D eigenvalue weighted by Gasteiger charge is -2.30. The number of alkyl halides is 1. The van der Waals surface area contributed by atoms with Crippen LogP contribution in [0.3, 0.4) is 0 Å². The Morgan fingerprint density at radius 3 is 2.49 bits per heavy atom. The van der Waals surface area contributed by atoms with Crippen molar-refractivity contribution < 1.29 is 46.5 Å². The van der Waals surface area contributed by atoms with Gasteiger partial charge in [0.2, 0.25) is 7.57 Å². The highest BCUT2D eigenvalue weighted by molar-refractivity contribution is 8.07. The molecule has 7 heterocycles. The largest absolute Gasteiger partial charge is 0.386 e. The molecule has 0 aromatic carbocycles. The number of nitrogens with two attached hydrogens (primary N) is 1. The zero-order valence-electron chi connectivity index (χ0n) is 22.9. The number of imidazole rings is 2. The molecule has 4 aromatic heterocycles. The van der Waals surface area contributed by atoms with Gasteiger partial charge in [0.1, 0.15) is 48.2 Å². The molecular weight excluding hydrogens is 662 g/mol. The molecule has 4 aromatic rings. The van der Waals surface area contributed by atoms with Crippen molar-refractivity contribution in [1.29, 1.82) is 0 Å². The first-order chi connectivity index (χ1) is 21.3. The van der Waals surface area contributed by atoms with Gasteiger partial charge in [-0.05, 0) is 18.7 Å². The molecule has 0 saturated carbocycles. The smallest absolute Gasteiger partial charge is 0.325 e. The molecule has 45 heavy (non-hydrogen) atoms.